The number of hydrogen-bond donors (Lipinski definition) is 3. The Bertz CT molecular complexity index is 416. The van der Waals surface area contributed by atoms with Crippen LogP contribution in [0.1, 0.15) is 23.2 Å². The van der Waals surface area contributed by atoms with Gasteiger partial charge in [-0.05, 0) is 31.0 Å². The fourth-order valence-corrected chi connectivity index (χ4v) is 1.64. The largest absolute Gasteiger partial charge is 0.396 e. The van der Waals surface area contributed by atoms with Gasteiger partial charge >= 0.3 is 0 Å². The van der Waals surface area contributed by atoms with Crippen molar-refractivity contribution in [1.82, 2.24) is 5.32 Å². The molecule has 86 valence electrons. The Morgan fingerprint density at radius 2 is 2.19 bits per heavy atom. The number of nitrogen functional groups attached to an aromatic ring is 1. The lowest BCUT2D eigenvalue weighted by Gasteiger charge is -2.31. The molecule has 16 heavy (non-hydrogen) atoms. The first-order valence-electron chi connectivity index (χ1n) is 5.10. The van der Waals surface area contributed by atoms with Crippen LogP contribution in [0, 0.1) is 5.82 Å². The zero-order valence-electron chi connectivity index (χ0n) is 8.61. The normalized spacial score (nSPS) is 23.6. The Morgan fingerprint density at radius 3 is 2.75 bits per heavy atom. The topological polar surface area (TPSA) is 75.4 Å². The first kappa shape index (κ1) is 10.9. The highest BCUT2D eigenvalue weighted by Gasteiger charge is 2.28. The number of aliphatic hydroxyl groups excluding tert-OH is 1. The summed E-state index contributed by atoms with van der Waals surface area (Å²) < 4.78 is 13.1. The molecule has 1 aliphatic rings. The van der Waals surface area contributed by atoms with E-state index in [4.69, 9.17) is 10.8 Å². The van der Waals surface area contributed by atoms with Gasteiger partial charge in [-0.15, -0.1) is 0 Å². The highest BCUT2D eigenvalue weighted by atomic mass is 19.1. The summed E-state index contributed by atoms with van der Waals surface area (Å²) in [6.07, 6.45) is 0.792. The molecule has 0 unspecified atom stereocenters. The highest BCUT2D eigenvalue weighted by molar-refractivity contribution is 5.94. The first-order valence-corrected chi connectivity index (χ1v) is 5.10. The molecule has 1 aliphatic carbocycles. The summed E-state index contributed by atoms with van der Waals surface area (Å²) >= 11 is 0. The molecule has 0 radical (unpaired) electrons. The molecule has 1 aromatic carbocycles. The standard InChI is InChI=1S/C11H13FN2O2/c12-9-3-6(1-2-10(9)13)11(16)14-7-4-8(15)5-7/h1-3,7-8,15H,4-5,13H2,(H,14,16). The van der Waals surface area contributed by atoms with Gasteiger partial charge in [0, 0.05) is 11.6 Å². The fraction of sp³-hybridized carbons (Fsp3) is 0.364. The van der Waals surface area contributed by atoms with Crippen LogP contribution in [-0.2, 0) is 0 Å². The molecule has 4 nitrogen and oxygen atoms in total. The number of halogens is 1. The molecular formula is C11H13FN2O2. The monoisotopic (exact) mass is 224 g/mol. The summed E-state index contributed by atoms with van der Waals surface area (Å²) in [5, 5.41) is 11.8. The molecule has 0 bridgehead atoms. The second-order valence-corrected chi connectivity index (χ2v) is 4.03. The van der Waals surface area contributed by atoms with Crippen molar-refractivity contribution in [3.8, 4) is 0 Å². The number of benzene rings is 1. The number of carbonyl (C=O) groups excluding carboxylic acids is 1. The van der Waals surface area contributed by atoms with Crippen molar-refractivity contribution in [1.29, 1.82) is 0 Å². The predicted octanol–water partition coefficient (Wildman–Crippen LogP) is 0.661. The lowest BCUT2D eigenvalue weighted by Crippen LogP contribution is -2.46. The average molecular weight is 224 g/mol. The Kier molecular flexibility index (Phi) is 2.78. The van der Waals surface area contributed by atoms with Gasteiger partial charge in [0.2, 0.25) is 0 Å². The Labute approximate surface area is 92.3 Å². The van der Waals surface area contributed by atoms with Crippen LogP contribution in [0.5, 0.6) is 0 Å². The summed E-state index contributed by atoms with van der Waals surface area (Å²) in [5.74, 6) is -0.933. The molecule has 0 aromatic heterocycles. The third-order valence-corrected chi connectivity index (χ3v) is 2.71. The molecule has 1 aromatic rings. The second kappa shape index (κ2) is 4.09. The van der Waals surface area contributed by atoms with Crippen LogP contribution in [0.25, 0.3) is 0 Å². The molecular weight excluding hydrogens is 211 g/mol. The van der Waals surface area contributed by atoms with Crippen LogP contribution in [-0.4, -0.2) is 23.2 Å². The second-order valence-electron chi connectivity index (χ2n) is 4.03. The number of rotatable bonds is 2. The van der Waals surface area contributed by atoms with Gasteiger partial charge in [0.15, 0.2) is 0 Å². The molecule has 4 N–H and O–H groups in total. The van der Waals surface area contributed by atoms with Crippen molar-refractivity contribution in [2.24, 2.45) is 0 Å². The number of amides is 1. The average Bonchev–Trinajstić information content (AvgIpc) is 2.19. The lowest BCUT2D eigenvalue weighted by atomic mass is 9.89. The number of aliphatic hydroxyl groups is 1. The molecule has 0 atom stereocenters. The summed E-state index contributed by atoms with van der Waals surface area (Å²) in [7, 11) is 0. The van der Waals surface area contributed by atoms with Crippen molar-refractivity contribution in [3.05, 3.63) is 29.6 Å². The molecule has 0 aliphatic heterocycles. The van der Waals surface area contributed by atoms with Crippen LogP contribution in [0.4, 0.5) is 10.1 Å². The van der Waals surface area contributed by atoms with Crippen molar-refractivity contribution < 1.29 is 14.3 Å². The van der Waals surface area contributed by atoms with E-state index in [9.17, 15) is 9.18 Å². The molecule has 2 rings (SSSR count). The summed E-state index contributed by atoms with van der Waals surface area (Å²) in [4.78, 5) is 11.6. The molecule has 1 saturated carbocycles. The van der Waals surface area contributed by atoms with Gasteiger partial charge in [-0.3, -0.25) is 4.79 Å². The quantitative estimate of drug-likeness (QED) is 0.646. The smallest absolute Gasteiger partial charge is 0.251 e. The maximum absolute atomic E-state index is 13.1. The van der Waals surface area contributed by atoms with E-state index in [2.05, 4.69) is 5.32 Å². The van der Waals surface area contributed by atoms with E-state index in [1.807, 2.05) is 0 Å². The maximum atomic E-state index is 13.1. The molecule has 1 fully saturated rings. The van der Waals surface area contributed by atoms with Crippen LogP contribution < -0.4 is 11.1 Å². The summed E-state index contributed by atoms with van der Waals surface area (Å²) in [5.41, 5.74) is 5.57. The predicted molar refractivity (Wildman–Crippen MR) is 57.3 cm³/mol. The summed E-state index contributed by atoms with van der Waals surface area (Å²) in [6, 6.07) is 3.94. The Hall–Kier alpha value is -1.62. The van der Waals surface area contributed by atoms with Gasteiger partial charge in [0.25, 0.3) is 5.91 Å². The minimum atomic E-state index is -0.596. The van der Waals surface area contributed by atoms with E-state index in [1.165, 1.54) is 12.1 Å². The van der Waals surface area contributed by atoms with E-state index in [0.717, 1.165) is 6.07 Å². The third-order valence-electron chi connectivity index (χ3n) is 2.71. The molecule has 5 heteroatoms. The Balaban J connectivity index is 2.01. The Morgan fingerprint density at radius 1 is 1.50 bits per heavy atom. The van der Waals surface area contributed by atoms with Gasteiger partial charge in [-0.1, -0.05) is 0 Å². The maximum Gasteiger partial charge on any atom is 0.251 e. The molecule has 1 amide bonds. The zero-order chi connectivity index (χ0) is 11.7. The molecule has 0 spiro atoms. The van der Waals surface area contributed by atoms with Crippen LogP contribution in [0.15, 0.2) is 18.2 Å². The van der Waals surface area contributed by atoms with Gasteiger partial charge in [0.1, 0.15) is 5.82 Å². The van der Waals surface area contributed by atoms with E-state index < -0.39 is 5.82 Å². The lowest BCUT2D eigenvalue weighted by molar-refractivity contribution is 0.0562. The SMILES string of the molecule is Nc1ccc(C(=O)NC2CC(O)C2)cc1F. The number of nitrogens with one attached hydrogen (secondary N) is 1. The fourth-order valence-electron chi connectivity index (χ4n) is 1.64. The number of carbonyl (C=O) groups is 1. The molecule has 0 heterocycles. The third kappa shape index (κ3) is 2.14. The van der Waals surface area contributed by atoms with Gasteiger partial charge < -0.3 is 16.2 Å². The van der Waals surface area contributed by atoms with Crippen molar-refractivity contribution in [3.63, 3.8) is 0 Å². The highest BCUT2D eigenvalue weighted by Crippen LogP contribution is 2.20. The van der Waals surface area contributed by atoms with Gasteiger partial charge in [-0.25, -0.2) is 4.39 Å². The van der Waals surface area contributed by atoms with Gasteiger partial charge in [-0.2, -0.15) is 0 Å². The van der Waals surface area contributed by atoms with E-state index in [0.29, 0.717) is 12.8 Å². The van der Waals surface area contributed by atoms with Crippen LogP contribution in [0.2, 0.25) is 0 Å². The van der Waals surface area contributed by atoms with E-state index >= 15 is 0 Å². The minimum Gasteiger partial charge on any atom is -0.396 e. The van der Waals surface area contributed by atoms with Gasteiger partial charge in [0.05, 0.1) is 11.8 Å². The van der Waals surface area contributed by atoms with Crippen molar-refractivity contribution in [2.75, 3.05) is 5.73 Å². The van der Waals surface area contributed by atoms with E-state index in [-0.39, 0.29) is 29.3 Å². The number of hydrogen-bond acceptors (Lipinski definition) is 3. The summed E-state index contributed by atoms with van der Waals surface area (Å²) in [6.45, 7) is 0. The number of nitrogens with two attached hydrogens (primary N) is 1. The first-order chi connectivity index (χ1) is 7.56. The van der Waals surface area contributed by atoms with Crippen LogP contribution >= 0.6 is 0 Å². The molecule has 0 saturated heterocycles. The zero-order valence-corrected chi connectivity index (χ0v) is 8.61. The minimum absolute atomic E-state index is 0.0110. The van der Waals surface area contributed by atoms with Crippen molar-refractivity contribution in [2.45, 2.75) is 25.0 Å². The van der Waals surface area contributed by atoms with Crippen LogP contribution in [0.3, 0.4) is 0 Å². The number of anilines is 1. The van der Waals surface area contributed by atoms with E-state index in [1.54, 1.807) is 0 Å². The van der Waals surface area contributed by atoms with Crippen molar-refractivity contribution >= 4 is 11.6 Å².